The molecule has 1 heterocycles. The van der Waals surface area contributed by atoms with Crippen molar-refractivity contribution >= 4 is 29.7 Å². The fraction of sp³-hybridized carbons (Fsp3) is 0.333. The fourth-order valence-electron chi connectivity index (χ4n) is 3.35. The maximum Gasteiger partial charge on any atom is 0.334 e. The maximum absolute atomic E-state index is 11.9. The molecule has 0 fully saturated rings. The van der Waals surface area contributed by atoms with Crippen LogP contribution >= 0.6 is 0 Å². The number of esters is 1. The molecule has 7 heteroatoms. The van der Waals surface area contributed by atoms with Gasteiger partial charge in [0.2, 0.25) is 0 Å². The van der Waals surface area contributed by atoms with Gasteiger partial charge in [-0.2, -0.15) is 0 Å². The summed E-state index contributed by atoms with van der Waals surface area (Å²) in [6.07, 6.45) is 2.48. The van der Waals surface area contributed by atoms with Crippen molar-refractivity contribution < 1.29 is 29.3 Å². The fourth-order valence-corrected chi connectivity index (χ4v) is 3.35. The minimum Gasteiger partial charge on any atom is -0.481 e. The molecule has 2 atom stereocenters. The lowest BCUT2D eigenvalue weighted by Gasteiger charge is -2.30. The zero-order valence-corrected chi connectivity index (χ0v) is 16.2. The second kappa shape index (κ2) is 8.65. The normalized spacial score (nSPS) is 19.7. The van der Waals surface area contributed by atoms with E-state index in [2.05, 4.69) is 4.99 Å². The molecule has 1 aliphatic heterocycles. The summed E-state index contributed by atoms with van der Waals surface area (Å²) < 4.78 is 5.07. The van der Waals surface area contributed by atoms with Crippen molar-refractivity contribution in [3.63, 3.8) is 0 Å². The smallest absolute Gasteiger partial charge is 0.334 e. The van der Waals surface area contributed by atoms with Crippen LogP contribution in [0.5, 0.6) is 0 Å². The number of carboxylic acids is 2. The number of allylic oxidation sites excluding steroid dienone is 1. The van der Waals surface area contributed by atoms with Gasteiger partial charge in [0, 0.05) is 23.4 Å². The van der Waals surface area contributed by atoms with Crippen molar-refractivity contribution in [2.24, 2.45) is 10.9 Å². The molecule has 1 aromatic carbocycles. The standard InChI is InChI=1S/C21H23NO6/c1-11(2)28-16(23)10-9-14-7-5-6-8-15(14)19-17(20(24)25)12(3)22-13(4)18(19)21(26)27/h5-11,17,19H,1-4H3,(H,24,25)(H,26,27). The average Bonchev–Trinajstić information content (AvgIpc) is 2.58. The Morgan fingerprint density at radius 3 is 2.36 bits per heavy atom. The largest absolute Gasteiger partial charge is 0.481 e. The highest BCUT2D eigenvalue weighted by Crippen LogP contribution is 2.40. The molecule has 0 aliphatic carbocycles. The van der Waals surface area contributed by atoms with Crippen molar-refractivity contribution in [3.8, 4) is 0 Å². The topological polar surface area (TPSA) is 113 Å². The van der Waals surface area contributed by atoms with Crippen LogP contribution in [-0.2, 0) is 19.1 Å². The van der Waals surface area contributed by atoms with E-state index < -0.39 is 29.7 Å². The summed E-state index contributed by atoms with van der Waals surface area (Å²) in [5, 5.41) is 19.5. The Morgan fingerprint density at radius 1 is 1.14 bits per heavy atom. The molecule has 0 saturated heterocycles. The number of aliphatic imine (C=N–C) groups is 1. The van der Waals surface area contributed by atoms with E-state index in [1.54, 1.807) is 52.0 Å². The summed E-state index contributed by atoms with van der Waals surface area (Å²) in [5.41, 5.74) is 1.57. The van der Waals surface area contributed by atoms with Gasteiger partial charge in [-0.1, -0.05) is 24.3 Å². The average molecular weight is 385 g/mol. The first-order chi connectivity index (χ1) is 13.1. The Labute approximate surface area is 163 Å². The molecule has 1 aromatic rings. The number of aliphatic carboxylic acids is 2. The molecule has 0 saturated carbocycles. The SMILES string of the molecule is CC1=NC(C)=C(C(=O)O)C(c2ccccc2C=CC(=O)OC(C)C)C1C(=O)O. The molecular weight excluding hydrogens is 362 g/mol. The predicted molar refractivity (Wildman–Crippen MR) is 104 cm³/mol. The number of rotatable bonds is 6. The van der Waals surface area contributed by atoms with Gasteiger partial charge < -0.3 is 14.9 Å². The van der Waals surface area contributed by atoms with Gasteiger partial charge in [0.05, 0.1) is 11.7 Å². The molecule has 7 nitrogen and oxygen atoms in total. The van der Waals surface area contributed by atoms with Crippen molar-refractivity contribution in [2.45, 2.75) is 39.7 Å². The lowest BCUT2D eigenvalue weighted by Crippen LogP contribution is -2.35. The van der Waals surface area contributed by atoms with E-state index in [0.717, 1.165) is 0 Å². The molecule has 2 N–H and O–H groups in total. The van der Waals surface area contributed by atoms with Crippen LogP contribution in [0.25, 0.3) is 6.08 Å². The van der Waals surface area contributed by atoms with Crippen molar-refractivity contribution in [2.75, 3.05) is 0 Å². The van der Waals surface area contributed by atoms with Crippen LogP contribution in [0, 0.1) is 5.92 Å². The summed E-state index contributed by atoms with van der Waals surface area (Å²) >= 11 is 0. The molecular formula is C21H23NO6. The number of hydrogen-bond acceptors (Lipinski definition) is 5. The van der Waals surface area contributed by atoms with Crippen LogP contribution in [0.1, 0.15) is 44.7 Å². The van der Waals surface area contributed by atoms with Crippen molar-refractivity contribution in [3.05, 3.63) is 52.7 Å². The summed E-state index contributed by atoms with van der Waals surface area (Å²) in [7, 11) is 0. The molecule has 0 spiro atoms. The van der Waals surface area contributed by atoms with Crippen molar-refractivity contribution in [1.29, 1.82) is 0 Å². The van der Waals surface area contributed by atoms with Crippen LogP contribution in [0.2, 0.25) is 0 Å². The summed E-state index contributed by atoms with van der Waals surface area (Å²) in [4.78, 5) is 39.8. The maximum atomic E-state index is 11.9. The third-order valence-electron chi connectivity index (χ3n) is 4.41. The van der Waals surface area contributed by atoms with Crippen molar-refractivity contribution in [1.82, 2.24) is 0 Å². The van der Waals surface area contributed by atoms with Crippen LogP contribution in [0.3, 0.4) is 0 Å². The quantitative estimate of drug-likeness (QED) is 0.574. The van der Waals surface area contributed by atoms with Gasteiger partial charge in [-0.25, -0.2) is 9.59 Å². The predicted octanol–water partition coefficient (Wildman–Crippen LogP) is 3.27. The van der Waals surface area contributed by atoms with Crippen LogP contribution in [0.4, 0.5) is 0 Å². The van der Waals surface area contributed by atoms with E-state index in [1.807, 2.05) is 0 Å². The second-order valence-electron chi connectivity index (χ2n) is 6.80. The van der Waals surface area contributed by atoms with E-state index in [9.17, 15) is 24.6 Å². The van der Waals surface area contributed by atoms with Crippen LogP contribution < -0.4 is 0 Å². The van der Waals surface area contributed by atoms with E-state index in [4.69, 9.17) is 4.74 Å². The first-order valence-electron chi connectivity index (χ1n) is 8.83. The van der Waals surface area contributed by atoms with E-state index in [1.165, 1.54) is 12.2 Å². The van der Waals surface area contributed by atoms with E-state index >= 15 is 0 Å². The number of hydrogen-bond donors (Lipinski definition) is 2. The Morgan fingerprint density at radius 2 is 1.79 bits per heavy atom. The minimum absolute atomic E-state index is 0.0661. The monoisotopic (exact) mass is 385 g/mol. The Balaban J connectivity index is 2.59. The number of carbonyl (C=O) groups excluding carboxylic acids is 1. The zero-order valence-electron chi connectivity index (χ0n) is 16.2. The molecule has 28 heavy (non-hydrogen) atoms. The summed E-state index contributed by atoms with van der Waals surface area (Å²) in [6.45, 7) is 6.59. The zero-order chi connectivity index (χ0) is 21.0. The number of carbonyl (C=O) groups is 3. The van der Waals surface area contributed by atoms with Crippen LogP contribution in [-0.4, -0.2) is 39.9 Å². The molecule has 0 bridgehead atoms. The highest BCUT2D eigenvalue weighted by atomic mass is 16.5. The van der Waals surface area contributed by atoms with Crippen LogP contribution in [0.15, 0.2) is 46.6 Å². The highest BCUT2D eigenvalue weighted by Gasteiger charge is 2.41. The number of nitrogens with zero attached hydrogens (tertiary/aromatic N) is 1. The summed E-state index contributed by atoms with van der Waals surface area (Å²) in [6, 6.07) is 6.80. The van der Waals surface area contributed by atoms with E-state index in [-0.39, 0.29) is 17.4 Å². The third kappa shape index (κ3) is 4.54. The van der Waals surface area contributed by atoms with Gasteiger partial charge in [0.25, 0.3) is 0 Å². The molecule has 0 radical (unpaired) electrons. The third-order valence-corrected chi connectivity index (χ3v) is 4.41. The molecule has 148 valence electrons. The van der Waals surface area contributed by atoms with Gasteiger partial charge in [0.1, 0.15) is 5.92 Å². The number of carboxylic acid groups (broad SMARTS) is 2. The number of benzene rings is 1. The highest BCUT2D eigenvalue weighted by molar-refractivity contribution is 6.06. The minimum atomic E-state index is -1.22. The first-order valence-corrected chi connectivity index (χ1v) is 8.83. The molecule has 1 aliphatic rings. The van der Waals surface area contributed by atoms with Gasteiger partial charge in [-0.05, 0) is 44.9 Å². The first kappa shape index (κ1) is 21.1. The van der Waals surface area contributed by atoms with E-state index in [0.29, 0.717) is 16.8 Å². The van der Waals surface area contributed by atoms with Gasteiger partial charge >= 0.3 is 17.9 Å². The Kier molecular flexibility index (Phi) is 6.51. The number of ether oxygens (including phenoxy) is 1. The van der Waals surface area contributed by atoms with Gasteiger partial charge in [-0.15, -0.1) is 0 Å². The van der Waals surface area contributed by atoms with Gasteiger partial charge in [0.15, 0.2) is 0 Å². The Hall–Kier alpha value is -3.22. The molecule has 2 rings (SSSR count). The molecule has 2 unspecified atom stereocenters. The molecule has 0 amide bonds. The molecule has 0 aromatic heterocycles. The second-order valence-corrected chi connectivity index (χ2v) is 6.80. The lowest BCUT2D eigenvalue weighted by molar-refractivity contribution is -0.142. The summed E-state index contributed by atoms with van der Waals surface area (Å²) in [5.74, 6) is -4.97. The van der Waals surface area contributed by atoms with Gasteiger partial charge in [-0.3, -0.25) is 9.79 Å². The lowest BCUT2D eigenvalue weighted by atomic mass is 9.74. The Bertz CT molecular complexity index is 894.